The van der Waals surface area contributed by atoms with Crippen molar-refractivity contribution in [3.63, 3.8) is 0 Å². The number of hydrogen-bond acceptors (Lipinski definition) is 4. The van der Waals surface area contributed by atoms with E-state index in [0.717, 1.165) is 17.2 Å². The molecular formula is C21H24F3N3O2. The molecule has 0 spiro atoms. The van der Waals surface area contributed by atoms with Gasteiger partial charge in [-0.3, -0.25) is 4.79 Å². The van der Waals surface area contributed by atoms with E-state index in [4.69, 9.17) is 4.74 Å². The predicted molar refractivity (Wildman–Crippen MR) is 103 cm³/mol. The van der Waals surface area contributed by atoms with Gasteiger partial charge in [-0.15, -0.1) is 0 Å². The van der Waals surface area contributed by atoms with Crippen LogP contribution in [-0.2, 0) is 28.9 Å². The first-order valence-electron chi connectivity index (χ1n) is 9.50. The molecule has 0 bridgehead atoms. The van der Waals surface area contributed by atoms with Crippen molar-refractivity contribution in [3.05, 3.63) is 59.3 Å². The SMILES string of the molecule is COCc1cccc(CNC(=O)C2CCCN(c3ncccc3C(F)(F)F)C2)c1. The number of benzene rings is 1. The first-order valence-corrected chi connectivity index (χ1v) is 9.50. The van der Waals surface area contributed by atoms with Crippen LogP contribution in [0, 0.1) is 5.92 Å². The minimum Gasteiger partial charge on any atom is -0.380 e. The third-order valence-electron chi connectivity index (χ3n) is 4.95. The normalized spacial score (nSPS) is 17.2. The zero-order valence-electron chi connectivity index (χ0n) is 16.2. The van der Waals surface area contributed by atoms with E-state index in [2.05, 4.69) is 10.3 Å². The van der Waals surface area contributed by atoms with Crippen LogP contribution in [0.2, 0.25) is 0 Å². The molecule has 1 N–H and O–H groups in total. The summed E-state index contributed by atoms with van der Waals surface area (Å²) in [4.78, 5) is 18.1. The highest BCUT2D eigenvalue weighted by molar-refractivity contribution is 5.79. The molecule has 156 valence electrons. The van der Waals surface area contributed by atoms with Gasteiger partial charge in [0.15, 0.2) is 0 Å². The predicted octanol–water partition coefficient (Wildman–Crippen LogP) is 3.78. The second-order valence-electron chi connectivity index (χ2n) is 7.13. The van der Waals surface area contributed by atoms with Crippen LogP contribution in [0.25, 0.3) is 0 Å². The van der Waals surface area contributed by atoms with Crippen molar-refractivity contribution in [1.29, 1.82) is 0 Å². The lowest BCUT2D eigenvalue weighted by Gasteiger charge is -2.34. The zero-order chi connectivity index (χ0) is 20.9. The topological polar surface area (TPSA) is 54.5 Å². The van der Waals surface area contributed by atoms with Crippen LogP contribution in [0.3, 0.4) is 0 Å². The van der Waals surface area contributed by atoms with Crippen molar-refractivity contribution in [2.45, 2.75) is 32.2 Å². The highest BCUT2D eigenvalue weighted by atomic mass is 19.4. The van der Waals surface area contributed by atoms with Gasteiger partial charge >= 0.3 is 6.18 Å². The Morgan fingerprint density at radius 2 is 2.07 bits per heavy atom. The van der Waals surface area contributed by atoms with Crippen molar-refractivity contribution in [2.75, 3.05) is 25.1 Å². The Kier molecular flexibility index (Phi) is 6.74. The number of anilines is 1. The Morgan fingerprint density at radius 3 is 2.83 bits per heavy atom. The van der Waals surface area contributed by atoms with Gasteiger partial charge in [-0.1, -0.05) is 24.3 Å². The van der Waals surface area contributed by atoms with E-state index in [1.165, 1.54) is 12.3 Å². The van der Waals surface area contributed by atoms with Gasteiger partial charge in [0.25, 0.3) is 0 Å². The van der Waals surface area contributed by atoms with Crippen LogP contribution in [0.15, 0.2) is 42.6 Å². The number of nitrogens with one attached hydrogen (secondary N) is 1. The molecule has 1 unspecified atom stereocenters. The number of pyridine rings is 1. The quantitative estimate of drug-likeness (QED) is 0.792. The van der Waals surface area contributed by atoms with Gasteiger partial charge in [0.2, 0.25) is 5.91 Å². The maximum atomic E-state index is 13.3. The lowest BCUT2D eigenvalue weighted by molar-refractivity contribution is -0.137. The molecule has 1 aliphatic rings. The van der Waals surface area contributed by atoms with Gasteiger partial charge in [-0.2, -0.15) is 13.2 Å². The summed E-state index contributed by atoms with van der Waals surface area (Å²) in [7, 11) is 1.62. The largest absolute Gasteiger partial charge is 0.419 e. The number of carbonyl (C=O) groups is 1. The Bertz CT molecular complexity index is 842. The number of carbonyl (C=O) groups excluding carboxylic acids is 1. The number of methoxy groups -OCH3 is 1. The number of rotatable bonds is 6. The fourth-order valence-electron chi connectivity index (χ4n) is 3.58. The standard InChI is InChI=1S/C21H24F3N3O2/c1-29-14-16-6-2-5-15(11-16)12-26-20(28)17-7-4-10-27(13-17)19-18(21(22,23)24)8-3-9-25-19/h2-3,5-6,8-9,11,17H,4,7,10,12-14H2,1H3,(H,26,28). The molecule has 1 aliphatic heterocycles. The summed E-state index contributed by atoms with van der Waals surface area (Å²) in [6, 6.07) is 10.0. The van der Waals surface area contributed by atoms with Crippen molar-refractivity contribution in [3.8, 4) is 0 Å². The molecule has 8 heteroatoms. The Labute approximate surface area is 167 Å². The maximum absolute atomic E-state index is 13.3. The lowest BCUT2D eigenvalue weighted by Crippen LogP contribution is -2.43. The van der Waals surface area contributed by atoms with Crippen molar-refractivity contribution in [1.82, 2.24) is 10.3 Å². The maximum Gasteiger partial charge on any atom is 0.419 e. The van der Waals surface area contributed by atoms with Gasteiger partial charge in [-0.25, -0.2) is 4.98 Å². The van der Waals surface area contributed by atoms with Crippen LogP contribution in [0.5, 0.6) is 0 Å². The molecule has 1 aromatic heterocycles. The van der Waals surface area contributed by atoms with E-state index in [9.17, 15) is 18.0 Å². The van der Waals surface area contributed by atoms with Crippen molar-refractivity contribution in [2.24, 2.45) is 5.92 Å². The van der Waals surface area contributed by atoms with E-state index >= 15 is 0 Å². The lowest BCUT2D eigenvalue weighted by atomic mass is 9.96. The van der Waals surface area contributed by atoms with Gasteiger partial charge < -0.3 is 15.0 Å². The minimum absolute atomic E-state index is 0.107. The highest BCUT2D eigenvalue weighted by Crippen LogP contribution is 2.36. The number of alkyl halides is 3. The molecule has 0 aliphatic carbocycles. The van der Waals surface area contributed by atoms with Crippen LogP contribution in [-0.4, -0.2) is 31.1 Å². The molecule has 3 rings (SSSR count). The summed E-state index contributed by atoms with van der Waals surface area (Å²) in [5, 5.41) is 2.91. The molecule has 1 saturated heterocycles. The number of piperidine rings is 1. The van der Waals surface area contributed by atoms with Crippen LogP contribution >= 0.6 is 0 Å². The van der Waals surface area contributed by atoms with Crippen molar-refractivity contribution < 1.29 is 22.7 Å². The summed E-state index contributed by atoms with van der Waals surface area (Å²) < 4.78 is 45.0. The minimum atomic E-state index is -4.48. The first kappa shape index (κ1) is 21.1. The first-order chi connectivity index (χ1) is 13.9. The van der Waals surface area contributed by atoms with Crippen molar-refractivity contribution >= 4 is 11.7 Å². The Hall–Kier alpha value is -2.61. The summed E-state index contributed by atoms with van der Waals surface area (Å²) in [6.07, 6.45) is -1.86. The summed E-state index contributed by atoms with van der Waals surface area (Å²) in [6.45, 7) is 1.52. The van der Waals surface area contributed by atoms with Crippen LogP contribution < -0.4 is 10.2 Å². The molecule has 5 nitrogen and oxygen atoms in total. The molecule has 2 aromatic rings. The van der Waals surface area contributed by atoms with Gasteiger partial charge in [-0.05, 0) is 36.1 Å². The molecule has 1 fully saturated rings. The number of aromatic nitrogens is 1. The van der Waals surface area contributed by atoms with E-state index in [0.29, 0.717) is 32.5 Å². The molecule has 0 saturated carbocycles. The average molecular weight is 407 g/mol. The second kappa shape index (κ2) is 9.26. The highest BCUT2D eigenvalue weighted by Gasteiger charge is 2.37. The van der Waals surface area contributed by atoms with Crippen LogP contribution in [0.1, 0.15) is 29.5 Å². The fourth-order valence-corrected chi connectivity index (χ4v) is 3.58. The number of hydrogen-bond donors (Lipinski definition) is 1. The third kappa shape index (κ3) is 5.47. The summed E-state index contributed by atoms with van der Waals surface area (Å²) >= 11 is 0. The van der Waals surface area contributed by atoms with E-state index < -0.39 is 11.7 Å². The second-order valence-corrected chi connectivity index (χ2v) is 7.13. The molecule has 1 aromatic carbocycles. The molecule has 29 heavy (non-hydrogen) atoms. The monoisotopic (exact) mass is 407 g/mol. The van der Waals surface area contributed by atoms with Crippen LogP contribution in [0.4, 0.5) is 19.0 Å². The smallest absolute Gasteiger partial charge is 0.380 e. The Balaban J connectivity index is 1.64. The average Bonchev–Trinajstić information content (AvgIpc) is 2.72. The van der Waals surface area contributed by atoms with E-state index in [1.54, 1.807) is 12.0 Å². The number of amides is 1. The number of nitrogens with zero attached hydrogens (tertiary/aromatic N) is 2. The third-order valence-corrected chi connectivity index (χ3v) is 4.95. The fraction of sp³-hybridized carbons (Fsp3) is 0.429. The van der Waals surface area contributed by atoms with Gasteiger partial charge in [0.1, 0.15) is 5.82 Å². The summed E-state index contributed by atoms with van der Waals surface area (Å²) in [5.41, 5.74) is 1.19. The Morgan fingerprint density at radius 1 is 1.28 bits per heavy atom. The summed E-state index contributed by atoms with van der Waals surface area (Å²) in [5.74, 6) is -0.643. The molecule has 2 heterocycles. The molecule has 1 atom stereocenters. The number of ether oxygens (including phenoxy) is 1. The van der Waals surface area contributed by atoms with E-state index in [1.807, 2.05) is 24.3 Å². The molecular weight excluding hydrogens is 383 g/mol. The van der Waals surface area contributed by atoms with E-state index in [-0.39, 0.29) is 24.2 Å². The molecule has 0 radical (unpaired) electrons. The van der Waals surface area contributed by atoms with Gasteiger partial charge in [0, 0.05) is 32.9 Å². The molecule has 1 amide bonds. The number of halogens is 3. The van der Waals surface area contributed by atoms with Gasteiger partial charge in [0.05, 0.1) is 18.1 Å². The zero-order valence-corrected chi connectivity index (χ0v) is 16.2.